The Balaban J connectivity index is 1.35. The van der Waals surface area contributed by atoms with E-state index in [1.807, 2.05) is 24.4 Å². The van der Waals surface area contributed by atoms with Gasteiger partial charge in [0.1, 0.15) is 0 Å². The van der Waals surface area contributed by atoms with Gasteiger partial charge in [-0.3, -0.25) is 14.9 Å². The van der Waals surface area contributed by atoms with E-state index in [-0.39, 0.29) is 18.1 Å². The van der Waals surface area contributed by atoms with Gasteiger partial charge in [0, 0.05) is 47.2 Å². The number of rotatable bonds is 4. The zero-order valence-corrected chi connectivity index (χ0v) is 21.1. The van der Waals surface area contributed by atoms with E-state index in [2.05, 4.69) is 54.6 Å². The molecule has 2 aliphatic rings. The monoisotopic (exact) mass is 539 g/mol. The van der Waals surface area contributed by atoms with Crippen LogP contribution in [0.3, 0.4) is 0 Å². The van der Waals surface area contributed by atoms with E-state index in [1.165, 1.54) is 16.7 Å². The molecule has 6 nitrogen and oxygen atoms in total. The summed E-state index contributed by atoms with van der Waals surface area (Å²) in [7, 11) is 0. The maximum atomic E-state index is 12.6. The molecule has 0 radical (unpaired) electrons. The van der Waals surface area contributed by atoms with Crippen molar-refractivity contribution in [2.45, 2.75) is 44.3 Å². The van der Waals surface area contributed by atoms with E-state index in [1.54, 1.807) is 12.4 Å². The van der Waals surface area contributed by atoms with Gasteiger partial charge < -0.3 is 10.6 Å². The minimum absolute atomic E-state index is 0.0425. The number of fused-ring (bicyclic) bond motifs is 2. The molecule has 1 aliphatic carbocycles. The van der Waals surface area contributed by atoms with Crippen molar-refractivity contribution in [3.05, 3.63) is 92.4 Å². The maximum absolute atomic E-state index is 12.6. The van der Waals surface area contributed by atoms with Crippen molar-refractivity contribution in [3.63, 3.8) is 0 Å². The second kappa shape index (κ2) is 10.4. The number of carbonyl (C=O) groups excluding carboxylic acids is 1. The third kappa shape index (κ3) is 5.27. The Labute approximate surface area is 213 Å². The zero-order valence-electron chi connectivity index (χ0n) is 18.8. The highest BCUT2D eigenvalue weighted by Crippen LogP contribution is 2.38. The summed E-state index contributed by atoms with van der Waals surface area (Å²) in [6.45, 7) is 2.18. The standard InChI is InChI=1S/C26H27BrClN5O/c27-20-11-19-6-5-18-12-21(28)7-8-23(18)25(24(19)30-15-20)33-10-2-4-22(16-33)32-26(34)31-14-17-3-1-9-29-13-17/h1,3,7-9,11-13,15,22,25H,2,4-6,10,14,16H2,(H2,31,32,34). The van der Waals surface area contributed by atoms with Gasteiger partial charge in [-0.25, -0.2) is 4.79 Å². The molecule has 2 amide bonds. The van der Waals surface area contributed by atoms with Gasteiger partial charge in [0.25, 0.3) is 0 Å². The predicted octanol–water partition coefficient (Wildman–Crippen LogP) is 5.04. The normalized spacial score (nSPS) is 20.1. The predicted molar refractivity (Wildman–Crippen MR) is 137 cm³/mol. The van der Waals surface area contributed by atoms with Crippen molar-refractivity contribution in [1.29, 1.82) is 0 Å². The molecule has 2 unspecified atom stereocenters. The molecule has 0 bridgehead atoms. The molecule has 34 heavy (non-hydrogen) atoms. The topological polar surface area (TPSA) is 70.2 Å². The molecule has 2 atom stereocenters. The molecule has 2 N–H and O–H groups in total. The van der Waals surface area contributed by atoms with Gasteiger partial charge in [-0.1, -0.05) is 23.7 Å². The number of amides is 2. The summed E-state index contributed by atoms with van der Waals surface area (Å²) < 4.78 is 0.998. The third-order valence-corrected chi connectivity index (χ3v) is 7.29. The number of aromatic nitrogens is 2. The van der Waals surface area contributed by atoms with Crippen molar-refractivity contribution in [2.24, 2.45) is 0 Å². The summed E-state index contributed by atoms with van der Waals surface area (Å²) in [5.41, 5.74) is 5.88. The Morgan fingerprint density at radius 2 is 2.06 bits per heavy atom. The van der Waals surface area contributed by atoms with Crippen molar-refractivity contribution in [1.82, 2.24) is 25.5 Å². The van der Waals surface area contributed by atoms with E-state index < -0.39 is 0 Å². The van der Waals surface area contributed by atoms with Gasteiger partial charge in [-0.2, -0.15) is 0 Å². The average Bonchev–Trinajstić information content (AvgIpc) is 3.00. The van der Waals surface area contributed by atoms with Gasteiger partial charge >= 0.3 is 6.03 Å². The fraction of sp³-hybridized carbons (Fsp3) is 0.346. The number of likely N-dealkylation sites (tertiary alicyclic amines) is 1. The van der Waals surface area contributed by atoms with Crippen LogP contribution in [0.2, 0.25) is 5.02 Å². The van der Waals surface area contributed by atoms with Gasteiger partial charge in [-0.15, -0.1) is 0 Å². The molecule has 0 spiro atoms. The highest BCUT2D eigenvalue weighted by atomic mass is 79.9. The maximum Gasteiger partial charge on any atom is 0.315 e. The lowest BCUT2D eigenvalue weighted by Crippen LogP contribution is -2.51. The molecular weight excluding hydrogens is 514 g/mol. The highest BCUT2D eigenvalue weighted by molar-refractivity contribution is 9.10. The number of urea groups is 1. The third-order valence-electron chi connectivity index (χ3n) is 6.62. The van der Waals surface area contributed by atoms with E-state index in [9.17, 15) is 4.79 Å². The molecular formula is C26H27BrClN5O. The summed E-state index contributed by atoms with van der Waals surface area (Å²) in [6.07, 6.45) is 9.21. The quantitative estimate of drug-likeness (QED) is 0.486. The Bertz CT molecular complexity index is 1120. The fourth-order valence-corrected chi connectivity index (χ4v) is 5.64. The number of carbonyl (C=O) groups is 1. The van der Waals surface area contributed by atoms with Crippen LogP contribution in [0.4, 0.5) is 4.79 Å². The Kier molecular flexibility index (Phi) is 7.13. The van der Waals surface area contributed by atoms with Crippen LogP contribution in [0.25, 0.3) is 0 Å². The largest absolute Gasteiger partial charge is 0.334 e. The van der Waals surface area contributed by atoms with Crippen LogP contribution in [0.5, 0.6) is 0 Å². The van der Waals surface area contributed by atoms with Crippen molar-refractivity contribution in [3.8, 4) is 0 Å². The first kappa shape index (κ1) is 23.3. The molecule has 1 fully saturated rings. The first-order chi connectivity index (χ1) is 16.6. The first-order valence-corrected chi connectivity index (χ1v) is 12.8. The average molecular weight is 541 g/mol. The van der Waals surface area contributed by atoms with Gasteiger partial charge in [0.05, 0.1) is 11.7 Å². The second-order valence-corrected chi connectivity index (χ2v) is 10.3. The fourth-order valence-electron chi connectivity index (χ4n) is 5.06. The Hall–Kier alpha value is -2.48. The van der Waals surface area contributed by atoms with Crippen LogP contribution in [0, 0.1) is 0 Å². The highest BCUT2D eigenvalue weighted by Gasteiger charge is 2.33. The lowest BCUT2D eigenvalue weighted by Gasteiger charge is -2.39. The smallest absolute Gasteiger partial charge is 0.315 e. The lowest BCUT2D eigenvalue weighted by atomic mass is 9.94. The first-order valence-electron chi connectivity index (χ1n) is 11.7. The van der Waals surface area contributed by atoms with Crippen molar-refractivity contribution >= 4 is 33.6 Å². The summed E-state index contributed by atoms with van der Waals surface area (Å²) >= 11 is 9.95. The molecule has 1 saturated heterocycles. The molecule has 3 heterocycles. The van der Waals surface area contributed by atoms with Crippen LogP contribution in [-0.2, 0) is 19.4 Å². The molecule has 2 aromatic heterocycles. The minimum atomic E-state index is -0.147. The summed E-state index contributed by atoms with van der Waals surface area (Å²) in [5.74, 6) is 0. The van der Waals surface area contributed by atoms with Gasteiger partial charge in [-0.05, 0) is 94.7 Å². The molecule has 176 valence electrons. The molecule has 1 aliphatic heterocycles. The number of benzene rings is 1. The summed E-state index contributed by atoms with van der Waals surface area (Å²) in [5, 5.41) is 6.90. The number of nitrogens with one attached hydrogen (secondary N) is 2. The van der Waals surface area contributed by atoms with Crippen LogP contribution < -0.4 is 10.6 Å². The van der Waals surface area contributed by atoms with E-state index in [0.29, 0.717) is 6.54 Å². The number of nitrogens with zero attached hydrogens (tertiary/aromatic N) is 3. The van der Waals surface area contributed by atoms with Crippen molar-refractivity contribution in [2.75, 3.05) is 13.1 Å². The zero-order chi connectivity index (χ0) is 23.5. The van der Waals surface area contributed by atoms with E-state index in [0.717, 1.165) is 59.5 Å². The SMILES string of the molecule is O=C(NCc1cccnc1)NC1CCCN(C2c3ccc(Cl)cc3CCc3cc(Br)cnc32)C1. The number of piperidine rings is 1. The van der Waals surface area contributed by atoms with Crippen molar-refractivity contribution < 1.29 is 4.79 Å². The number of halogens is 2. The van der Waals surface area contributed by atoms with Gasteiger partial charge in [0.15, 0.2) is 0 Å². The molecule has 0 saturated carbocycles. The van der Waals surface area contributed by atoms with Gasteiger partial charge in [0.2, 0.25) is 0 Å². The van der Waals surface area contributed by atoms with Crippen LogP contribution in [-0.4, -0.2) is 40.0 Å². The van der Waals surface area contributed by atoms with E-state index in [4.69, 9.17) is 16.6 Å². The molecule has 8 heteroatoms. The Morgan fingerprint density at radius 1 is 1.18 bits per heavy atom. The molecule has 3 aromatic rings. The molecule has 1 aromatic carbocycles. The summed E-state index contributed by atoms with van der Waals surface area (Å²) in [4.78, 5) is 24.0. The van der Waals surface area contributed by atoms with Crippen LogP contribution in [0.15, 0.2) is 59.5 Å². The van der Waals surface area contributed by atoms with E-state index >= 15 is 0 Å². The number of hydrogen-bond acceptors (Lipinski definition) is 4. The number of hydrogen-bond donors (Lipinski definition) is 2. The van der Waals surface area contributed by atoms with Crippen LogP contribution >= 0.6 is 27.5 Å². The lowest BCUT2D eigenvalue weighted by molar-refractivity contribution is 0.154. The van der Waals surface area contributed by atoms with Crippen LogP contribution in [0.1, 0.15) is 46.8 Å². The summed E-state index contributed by atoms with van der Waals surface area (Å²) in [6, 6.07) is 12.2. The number of aryl methyl sites for hydroxylation is 2. The molecule has 5 rings (SSSR count). The number of pyridine rings is 2. The Morgan fingerprint density at radius 3 is 2.91 bits per heavy atom. The minimum Gasteiger partial charge on any atom is -0.334 e. The second-order valence-electron chi connectivity index (χ2n) is 8.97.